The van der Waals surface area contributed by atoms with Crippen LogP contribution >= 0.6 is 0 Å². The number of nitrogens with one attached hydrogen (secondary N) is 1. The fraction of sp³-hybridized carbons (Fsp3) is 0. The number of nitrogens with zero attached hydrogens (tertiary/aromatic N) is 1. The van der Waals surface area contributed by atoms with Gasteiger partial charge in [0.1, 0.15) is 0 Å². The van der Waals surface area contributed by atoms with Gasteiger partial charge in [-0.15, -0.1) is 0 Å². The summed E-state index contributed by atoms with van der Waals surface area (Å²) < 4.78 is 1.34. The summed E-state index contributed by atoms with van der Waals surface area (Å²) in [4.78, 5) is 6.81. The predicted octanol–water partition coefficient (Wildman–Crippen LogP) is -0.683. The van der Waals surface area contributed by atoms with Gasteiger partial charge in [0.2, 0.25) is 0 Å². The van der Waals surface area contributed by atoms with Crippen molar-refractivity contribution in [3.63, 3.8) is 0 Å². The van der Waals surface area contributed by atoms with E-state index >= 15 is 0 Å². The Morgan fingerprint density at radius 2 is 2.67 bits per heavy atom. The average Bonchev–Trinajstić information content (AvgIpc) is 1.86. The Balaban J connectivity index is 3.05. The molecule has 0 aliphatic heterocycles. The van der Waals surface area contributed by atoms with E-state index in [1.807, 2.05) is 6.20 Å². The molecule has 0 aliphatic carbocycles. The van der Waals surface area contributed by atoms with Crippen molar-refractivity contribution in [2.75, 3.05) is 0 Å². The van der Waals surface area contributed by atoms with E-state index in [0.29, 0.717) is 42.8 Å². The quantitative estimate of drug-likeness (QED) is 0.675. The van der Waals surface area contributed by atoms with E-state index in [0.717, 1.165) is 0 Å². The molecule has 0 saturated carbocycles. The number of aromatic nitrogens is 2. The molecular formula is C3H4N2Ra. The van der Waals surface area contributed by atoms with Crippen LogP contribution in [0.2, 0.25) is 0 Å². The molecule has 1 aromatic rings. The van der Waals surface area contributed by atoms with E-state index in [2.05, 4.69) is 9.97 Å². The number of hydrogen-bond acceptors (Lipinski definition) is 1. The van der Waals surface area contributed by atoms with Gasteiger partial charge in [0.05, 0.1) is 0 Å². The molecule has 0 unspecified atom stereocenters. The molecule has 6 heavy (non-hydrogen) atoms. The Bertz CT molecular complexity index is 112. The van der Waals surface area contributed by atoms with Crippen LogP contribution in [-0.4, -0.2) is 9.97 Å². The van der Waals surface area contributed by atoms with Gasteiger partial charge < -0.3 is 0 Å². The third kappa shape index (κ3) is 1.07. The van der Waals surface area contributed by atoms with Crippen molar-refractivity contribution in [2.24, 2.45) is 0 Å². The minimum absolute atomic E-state index is 0.498. The van der Waals surface area contributed by atoms with Gasteiger partial charge in [-0.05, 0) is 0 Å². The summed E-state index contributed by atoms with van der Waals surface area (Å²) in [7, 11) is 0. The normalized spacial score (nSPS) is 8.50. The molecule has 0 spiro atoms. The number of imidazole rings is 1. The molecule has 1 rings (SSSR count). The molecule has 0 fully saturated rings. The monoisotopic (exact) mass is 294 g/mol. The van der Waals surface area contributed by atoms with Crippen molar-refractivity contribution in [1.29, 1.82) is 0 Å². The van der Waals surface area contributed by atoms with Crippen LogP contribution in [0.4, 0.5) is 0 Å². The number of hydrogen-bond donors (Lipinski definition) is 1. The number of rotatable bonds is 0. The van der Waals surface area contributed by atoms with Gasteiger partial charge in [-0.2, -0.15) is 0 Å². The fourth-order valence-corrected chi connectivity index (χ4v) is 1.47. The molecule has 0 saturated heterocycles. The van der Waals surface area contributed by atoms with Crippen molar-refractivity contribution < 1.29 is 42.8 Å². The van der Waals surface area contributed by atoms with Crippen LogP contribution in [0.15, 0.2) is 12.5 Å². The van der Waals surface area contributed by atoms with Crippen molar-refractivity contribution in [1.82, 2.24) is 9.97 Å². The summed E-state index contributed by atoms with van der Waals surface area (Å²) in [6, 6.07) is 0. The number of H-pyrrole nitrogens is 1. The first kappa shape index (κ1) is 4.83. The van der Waals surface area contributed by atoms with E-state index in [1.165, 1.54) is 0.735 Å². The van der Waals surface area contributed by atoms with Gasteiger partial charge in [-0.3, -0.25) is 0 Å². The second-order valence-corrected chi connectivity index (χ2v) is 5.66. The Hall–Kier alpha value is 0.678. The standard InChI is InChI=1S/C3H3N2.Ra.H/c1-2-5-3-4-1;;/h1,3H,(H,4,5);;. The maximum absolute atomic E-state index is 3.82. The van der Waals surface area contributed by atoms with Gasteiger partial charge in [0.25, 0.3) is 0 Å². The molecular weight excluding hydrogens is 290 g/mol. The topological polar surface area (TPSA) is 28.7 Å². The second-order valence-electron chi connectivity index (χ2n) is 1.23. The molecule has 1 N–H and O–H groups in total. The summed E-state index contributed by atoms with van der Waals surface area (Å²) in [5.41, 5.74) is 0. The zero-order chi connectivity index (χ0) is 4.41. The molecule has 0 bridgehead atoms. The molecule has 3 heteroatoms. The van der Waals surface area contributed by atoms with Gasteiger partial charge in [0.15, 0.2) is 0 Å². The first-order valence-corrected chi connectivity index (χ1v) is 5.95. The summed E-state index contributed by atoms with van der Waals surface area (Å²) in [5, 5.41) is 0. The second kappa shape index (κ2) is 2.11. The predicted molar refractivity (Wildman–Crippen MR) is 19.6 cm³/mol. The molecule has 2 nitrogen and oxygen atoms in total. The SMILES string of the molecule is [RaH][c]1cnc[nH]1. The fourth-order valence-electron chi connectivity index (χ4n) is 0.325. The Morgan fingerprint density at radius 1 is 1.83 bits per heavy atom. The summed E-state index contributed by atoms with van der Waals surface area (Å²) >= 11 is 0.498. The molecule has 0 atom stereocenters. The molecule has 1 heterocycles. The summed E-state index contributed by atoms with van der Waals surface area (Å²) in [6.45, 7) is 0. The van der Waals surface area contributed by atoms with Gasteiger partial charge in [-0.1, -0.05) is 0 Å². The minimum atomic E-state index is 0.498. The van der Waals surface area contributed by atoms with E-state index in [4.69, 9.17) is 0 Å². The van der Waals surface area contributed by atoms with Gasteiger partial charge in [0, 0.05) is 0 Å². The van der Waals surface area contributed by atoms with Crippen molar-refractivity contribution in [2.45, 2.75) is 0 Å². The van der Waals surface area contributed by atoms with E-state index in [9.17, 15) is 0 Å². The molecule has 0 radical (unpaired) electrons. The van der Waals surface area contributed by atoms with E-state index in [1.54, 1.807) is 6.33 Å². The first-order chi connectivity index (χ1) is 2.89. The zero-order valence-corrected chi connectivity index (χ0v) is 11.8. The molecule has 0 aliphatic rings. The Kier molecular flexibility index (Phi) is 1.70. The first-order valence-electron chi connectivity index (χ1n) is 1.84. The Morgan fingerprint density at radius 3 is 2.83 bits per heavy atom. The average molecular weight is 294 g/mol. The van der Waals surface area contributed by atoms with Gasteiger partial charge in [-0.25, -0.2) is 0 Å². The third-order valence-electron chi connectivity index (χ3n) is 0.635. The van der Waals surface area contributed by atoms with Crippen LogP contribution in [0.1, 0.15) is 0 Å². The van der Waals surface area contributed by atoms with Crippen LogP contribution in [0.25, 0.3) is 0 Å². The number of aromatic amines is 1. The van der Waals surface area contributed by atoms with Crippen molar-refractivity contribution in [3.8, 4) is 0 Å². The van der Waals surface area contributed by atoms with E-state index < -0.39 is 0 Å². The van der Waals surface area contributed by atoms with Crippen molar-refractivity contribution >= 4 is 0.735 Å². The molecule has 0 amide bonds. The van der Waals surface area contributed by atoms with Crippen LogP contribution in [0.5, 0.6) is 0 Å². The Labute approximate surface area is 65.1 Å². The molecule has 1 aromatic heterocycles. The van der Waals surface area contributed by atoms with Crippen LogP contribution in [0.3, 0.4) is 0 Å². The zero-order valence-electron chi connectivity index (χ0n) is 3.60. The van der Waals surface area contributed by atoms with Gasteiger partial charge >= 0.3 is 66.0 Å². The summed E-state index contributed by atoms with van der Waals surface area (Å²) in [5.74, 6) is 0. The van der Waals surface area contributed by atoms with Crippen LogP contribution < -0.4 is 0.735 Å². The molecule has 28 valence electrons. The molecule has 0 aromatic carbocycles. The summed E-state index contributed by atoms with van der Waals surface area (Å²) in [6.07, 6.45) is 3.60. The maximum atomic E-state index is 3.82. The van der Waals surface area contributed by atoms with Crippen LogP contribution in [0, 0.1) is 42.8 Å². The van der Waals surface area contributed by atoms with Crippen LogP contribution in [-0.2, 0) is 0 Å². The third-order valence-corrected chi connectivity index (χ3v) is 2.88. The van der Waals surface area contributed by atoms with Crippen molar-refractivity contribution in [3.05, 3.63) is 12.5 Å². The van der Waals surface area contributed by atoms with E-state index in [-0.39, 0.29) is 0 Å².